The Morgan fingerprint density at radius 2 is 1.75 bits per heavy atom. The molecule has 2 N–H and O–H groups in total. The summed E-state index contributed by atoms with van der Waals surface area (Å²) in [5, 5.41) is 0. The molecule has 1 aromatic rings. The van der Waals surface area contributed by atoms with E-state index >= 15 is 0 Å². The van der Waals surface area contributed by atoms with Crippen molar-refractivity contribution in [3.63, 3.8) is 0 Å². The maximum Gasteiger partial charge on any atom is 0.0412 e. The third-order valence-corrected chi connectivity index (χ3v) is 2.72. The molecule has 0 radical (unpaired) electrons. The average Bonchev–Trinajstić information content (AvgIpc) is 2.25. The van der Waals surface area contributed by atoms with Gasteiger partial charge in [0, 0.05) is 31.9 Å². The molecular weight excluding hydrogens is 198 g/mol. The Balaban J connectivity index is 2.77. The Kier molecular flexibility index (Phi) is 4.77. The fourth-order valence-corrected chi connectivity index (χ4v) is 1.69. The molecule has 0 heterocycles. The molecule has 0 saturated carbocycles. The van der Waals surface area contributed by atoms with Crippen LogP contribution < -0.4 is 10.6 Å². The first-order valence-corrected chi connectivity index (χ1v) is 5.72. The summed E-state index contributed by atoms with van der Waals surface area (Å²) in [5.41, 5.74) is 8.42. The van der Waals surface area contributed by atoms with E-state index in [1.54, 1.807) is 0 Å². The number of rotatable bonds is 5. The van der Waals surface area contributed by atoms with Crippen molar-refractivity contribution in [3.05, 3.63) is 29.8 Å². The van der Waals surface area contributed by atoms with Crippen LogP contribution in [-0.2, 0) is 0 Å². The van der Waals surface area contributed by atoms with Crippen molar-refractivity contribution in [2.45, 2.75) is 13.0 Å². The highest BCUT2D eigenvalue weighted by Crippen LogP contribution is 2.23. The second-order valence-electron chi connectivity index (χ2n) is 4.57. The maximum absolute atomic E-state index is 5.97. The fourth-order valence-electron chi connectivity index (χ4n) is 1.69. The molecule has 0 amide bonds. The lowest BCUT2D eigenvalue weighted by Gasteiger charge is -2.25. The van der Waals surface area contributed by atoms with Gasteiger partial charge in [-0.3, -0.25) is 0 Å². The van der Waals surface area contributed by atoms with Gasteiger partial charge in [0.2, 0.25) is 0 Å². The van der Waals surface area contributed by atoms with E-state index in [1.807, 2.05) is 13.0 Å². The van der Waals surface area contributed by atoms with Crippen LogP contribution in [0.2, 0.25) is 0 Å². The molecule has 0 saturated heterocycles. The lowest BCUT2D eigenvalue weighted by Crippen LogP contribution is -2.29. The molecule has 0 aliphatic carbocycles. The molecule has 1 unspecified atom stereocenters. The van der Waals surface area contributed by atoms with Crippen LogP contribution in [0, 0.1) is 0 Å². The molecule has 0 aliphatic heterocycles. The highest BCUT2D eigenvalue weighted by atomic mass is 15.2. The van der Waals surface area contributed by atoms with Gasteiger partial charge in [-0.1, -0.05) is 18.2 Å². The summed E-state index contributed by atoms with van der Waals surface area (Å²) in [4.78, 5) is 4.45. The molecule has 1 aromatic carbocycles. The maximum atomic E-state index is 5.97. The number of nitrogens with two attached hydrogens (primary N) is 1. The van der Waals surface area contributed by atoms with Crippen LogP contribution >= 0.6 is 0 Å². The predicted molar refractivity (Wildman–Crippen MR) is 70.9 cm³/mol. The number of anilines is 1. The van der Waals surface area contributed by atoms with Gasteiger partial charge in [-0.05, 0) is 32.6 Å². The summed E-state index contributed by atoms with van der Waals surface area (Å²) in [6.45, 7) is 4.08. The van der Waals surface area contributed by atoms with E-state index in [-0.39, 0.29) is 6.04 Å². The van der Waals surface area contributed by atoms with Crippen LogP contribution in [0.15, 0.2) is 24.3 Å². The SMILES string of the molecule is CC(N)c1ccccc1N(C)CCN(C)C. The van der Waals surface area contributed by atoms with Crippen LogP contribution in [0.5, 0.6) is 0 Å². The van der Waals surface area contributed by atoms with Crippen molar-refractivity contribution in [3.8, 4) is 0 Å². The molecule has 1 atom stereocenters. The van der Waals surface area contributed by atoms with Gasteiger partial charge >= 0.3 is 0 Å². The number of para-hydroxylation sites is 1. The smallest absolute Gasteiger partial charge is 0.0412 e. The van der Waals surface area contributed by atoms with Crippen LogP contribution in [0.25, 0.3) is 0 Å². The molecule has 16 heavy (non-hydrogen) atoms. The first kappa shape index (κ1) is 13.0. The molecule has 3 heteroatoms. The molecule has 0 bridgehead atoms. The van der Waals surface area contributed by atoms with Gasteiger partial charge in [0.25, 0.3) is 0 Å². The molecule has 0 spiro atoms. The lowest BCUT2D eigenvalue weighted by molar-refractivity contribution is 0.416. The van der Waals surface area contributed by atoms with E-state index in [9.17, 15) is 0 Å². The topological polar surface area (TPSA) is 32.5 Å². The second-order valence-corrected chi connectivity index (χ2v) is 4.57. The molecule has 0 aliphatic rings. The third kappa shape index (κ3) is 3.51. The Labute approximate surface area is 98.8 Å². The number of hydrogen-bond acceptors (Lipinski definition) is 3. The minimum atomic E-state index is 0.0815. The summed E-state index contributed by atoms with van der Waals surface area (Å²) in [5.74, 6) is 0. The molecule has 90 valence electrons. The van der Waals surface area contributed by atoms with Crippen LogP contribution in [0.4, 0.5) is 5.69 Å². The largest absolute Gasteiger partial charge is 0.373 e. The van der Waals surface area contributed by atoms with E-state index in [0.29, 0.717) is 0 Å². The Hall–Kier alpha value is -1.06. The zero-order chi connectivity index (χ0) is 12.1. The lowest BCUT2D eigenvalue weighted by atomic mass is 10.1. The van der Waals surface area contributed by atoms with Gasteiger partial charge in [0.15, 0.2) is 0 Å². The van der Waals surface area contributed by atoms with Crippen molar-refractivity contribution < 1.29 is 0 Å². The highest BCUT2D eigenvalue weighted by molar-refractivity contribution is 5.54. The third-order valence-electron chi connectivity index (χ3n) is 2.72. The zero-order valence-corrected chi connectivity index (χ0v) is 10.8. The van der Waals surface area contributed by atoms with Gasteiger partial charge in [-0.25, -0.2) is 0 Å². The summed E-state index contributed by atoms with van der Waals surface area (Å²) >= 11 is 0. The van der Waals surface area contributed by atoms with Gasteiger partial charge in [0.05, 0.1) is 0 Å². The van der Waals surface area contributed by atoms with Gasteiger partial charge in [-0.2, -0.15) is 0 Å². The van der Waals surface area contributed by atoms with Crippen LogP contribution in [-0.4, -0.2) is 39.1 Å². The quantitative estimate of drug-likeness (QED) is 0.821. The molecule has 0 fully saturated rings. The van der Waals surface area contributed by atoms with Gasteiger partial charge < -0.3 is 15.5 Å². The van der Waals surface area contributed by atoms with E-state index < -0.39 is 0 Å². The molecule has 0 aromatic heterocycles. The normalized spacial score (nSPS) is 12.9. The fraction of sp³-hybridized carbons (Fsp3) is 0.538. The van der Waals surface area contributed by atoms with E-state index in [1.165, 1.54) is 11.3 Å². The van der Waals surface area contributed by atoms with Crippen LogP contribution in [0.3, 0.4) is 0 Å². The van der Waals surface area contributed by atoms with Crippen molar-refractivity contribution >= 4 is 5.69 Å². The Bertz CT molecular complexity index is 321. The predicted octanol–water partition coefficient (Wildman–Crippen LogP) is 1.70. The van der Waals surface area contributed by atoms with Crippen LogP contribution in [0.1, 0.15) is 18.5 Å². The minimum Gasteiger partial charge on any atom is -0.373 e. The zero-order valence-electron chi connectivity index (χ0n) is 10.8. The van der Waals surface area contributed by atoms with Crippen molar-refractivity contribution in [1.82, 2.24) is 4.90 Å². The number of benzene rings is 1. The minimum absolute atomic E-state index is 0.0815. The molecular formula is C13H23N3. The first-order valence-electron chi connectivity index (χ1n) is 5.72. The summed E-state index contributed by atoms with van der Waals surface area (Å²) in [6.07, 6.45) is 0. The Morgan fingerprint density at radius 3 is 2.31 bits per heavy atom. The summed E-state index contributed by atoms with van der Waals surface area (Å²) in [7, 11) is 6.29. The average molecular weight is 221 g/mol. The molecule has 1 rings (SSSR count). The van der Waals surface area contributed by atoms with Gasteiger partial charge in [-0.15, -0.1) is 0 Å². The van der Waals surface area contributed by atoms with E-state index in [0.717, 1.165) is 13.1 Å². The van der Waals surface area contributed by atoms with Crippen molar-refractivity contribution in [1.29, 1.82) is 0 Å². The highest BCUT2D eigenvalue weighted by Gasteiger charge is 2.09. The van der Waals surface area contributed by atoms with E-state index in [4.69, 9.17) is 5.73 Å². The van der Waals surface area contributed by atoms with Crippen molar-refractivity contribution in [2.75, 3.05) is 39.1 Å². The number of likely N-dealkylation sites (N-methyl/N-ethyl adjacent to an activating group) is 2. The van der Waals surface area contributed by atoms with Gasteiger partial charge in [0.1, 0.15) is 0 Å². The number of nitrogens with zero attached hydrogens (tertiary/aromatic N) is 2. The second kappa shape index (κ2) is 5.87. The standard InChI is InChI=1S/C13H23N3/c1-11(14)12-7-5-6-8-13(12)16(4)10-9-15(2)3/h5-8,11H,9-10,14H2,1-4H3. The number of hydrogen-bond donors (Lipinski definition) is 1. The van der Waals surface area contributed by atoms with Crippen molar-refractivity contribution in [2.24, 2.45) is 5.73 Å². The summed E-state index contributed by atoms with van der Waals surface area (Å²) < 4.78 is 0. The van der Waals surface area contributed by atoms with E-state index in [2.05, 4.69) is 49.1 Å². The summed E-state index contributed by atoms with van der Waals surface area (Å²) in [6, 6.07) is 8.42. The first-order chi connectivity index (χ1) is 7.52. The monoisotopic (exact) mass is 221 g/mol. The molecule has 3 nitrogen and oxygen atoms in total. The Morgan fingerprint density at radius 1 is 1.12 bits per heavy atom.